The molecule has 0 radical (unpaired) electrons. The van der Waals surface area contributed by atoms with Crippen molar-refractivity contribution in [1.82, 2.24) is 9.88 Å². The highest BCUT2D eigenvalue weighted by Crippen LogP contribution is 2.55. The molecule has 8 nitrogen and oxygen atoms in total. The Bertz CT molecular complexity index is 1250. The number of carbonyl (C=O) groups excluding carboxylic acids is 2. The number of nitrogens with one attached hydrogen (secondary N) is 1. The van der Waals surface area contributed by atoms with Crippen molar-refractivity contribution in [2.75, 3.05) is 18.9 Å². The Morgan fingerprint density at radius 2 is 1.94 bits per heavy atom. The number of para-hydroxylation sites is 1. The van der Waals surface area contributed by atoms with E-state index >= 15 is 0 Å². The molecule has 1 N–H and O–H groups in total. The highest BCUT2D eigenvalue weighted by Gasteiger charge is 2.64. The molecule has 160 valence electrons. The van der Waals surface area contributed by atoms with Gasteiger partial charge in [-0.2, -0.15) is 0 Å². The van der Waals surface area contributed by atoms with Crippen LogP contribution in [0.3, 0.4) is 0 Å². The van der Waals surface area contributed by atoms with Gasteiger partial charge in [-0.05, 0) is 30.8 Å². The van der Waals surface area contributed by atoms with Gasteiger partial charge in [0.1, 0.15) is 11.2 Å². The molecule has 2 aliphatic heterocycles. The van der Waals surface area contributed by atoms with Gasteiger partial charge in [0.2, 0.25) is 5.91 Å². The molecule has 0 unspecified atom stereocenters. The van der Waals surface area contributed by atoms with E-state index in [1.165, 1.54) is 12.1 Å². The fourth-order valence-corrected chi connectivity index (χ4v) is 5.23. The number of hydrogen-bond acceptors (Lipinski definition) is 6. The number of ketones is 1. The van der Waals surface area contributed by atoms with Crippen LogP contribution < -0.4 is 5.32 Å². The number of nitro groups is 1. The first-order chi connectivity index (χ1) is 15.4. The largest absolute Gasteiger partial charge is 0.324 e. The van der Waals surface area contributed by atoms with Crippen molar-refractivity contribution in [3.05, 3.63) is 99.9 Å². The third-order valence-electron chi connectivity index (χ3n) is 6.57. The van der Waals surface area contributed by atoms with Crippen molar-refractivity contribution >= 4 is 23.1 Å². The number of aromatic nitrogens is 1. The van der Waals surface area contributed by atoms with Gasteiger partial charge in [-0.3, -0.25) is 29.6 Å². The van der Waals surface area contributed by atoms with Gasteiger partial charge in [-0.1, -0.05) is 36.4 Å². The molecule has 0 saturated carbocycles. The summed E-state index contributed by atoms with van der Waals surface area (Å²) >= 11 is 0. The smallest absolute Gasteiger partial charge is 0.269 e. The van der Waals surface area contributed by atoms with Crippen LogP contribution >= 0.6 is 0 Å². The number of anilines is 1. The first-order valence-corrected chi connectivity index (χ1v) is 10.3. The summed E-state index contributed by atoms with van der Waals surface area (Å²) in [4.78, 5) is 44.5. The Balaban J connectivity index is 1.73. The Labute approximate surface area is 184 Å². The number of Topliss-reactive ketones (excluding diaryl/α,β-unsaturated/α-hetero) is 1. The van der Waals surface area contributed by atoms with Gasteiger partial charge in [0.25, 0.3) is 5.69 Å². The van der Waals surface area contributed by atoms with E-state index in [2.05, 4.69) is 10.3 Å². The van der Waals surface area contributed by atoms with E-state index in [-0.39, 0.29) is 23.1 Å². The summed E-state index contributed by atoms with van der Waals surface area (Å²) in [5, 5.41) is 14.3. The van der Waals surface area contributed by atoms with Crippen LogP contribution in [0.2, 0.25) is 0 Å². The van der Waals surface area contributed by atoms with Gasteiger partial charge in [-0.25, -0.2) is 0 Å². The summed E-state index contributed by atoms with van der Waals surface area (Å²) < 4.78 is 0. The summed E-state index contributed by atoms with van der Waals surface area (Å²) in [6.07, 6.45) is 1.55. The van der Waals surface area contributed by atoms with E-state index in [1.54, 1.807) is 36.5 Å². The number of pyridine rings is 1. The van der Waals surface area contributed by atoms with Crippen LogP contribution in [-0.2, 0) is 10.3 Å². The summed E-state index contributed by atoms with van der Waals surface area (Å²) in [6, 6.07) is 18.8. The van der Waals surface area contributed by atoms with Crippen molar-refractivity contribution in [2.45, 2.75) is 11.5 Å². The molecule has 1 fully saturated rings. The second kappa shape index (κ2) is 7.35. The summed E-state index contributed by atoms with van der Waals surface area (Å²) in [5.41, 5.74) is 1.03. The molecule has 2 aromatic carbocycles. The average Bonchev–Trinajstić information content (AvgIpc) is 3.29. The van der Waals surface area contributed by atoms with E-state index in [0.29, 0.717) is 17.8 Å². The quantitative estimate of drug-likeness (QED) is 0.388. The summed E-state index contributed by atoms with van der Waals surface area (Å²) in [5.74, 6) is -1.79. The van der Waals surface area contributed by atoms with Gasteiger partial charge in [0, 0.05) is 42.0 Å². The number of benzene rings is 2. The Morgan fingerprint density at radius 3 is 2.69 bits per heavy atom. The third kappa shape index (κ3) is 2.76. The van der Waals surface area contributed by atoms with Gasteiger partial charge < -0.3 is 5.32 Å². The summed E-state index contributed by atoms with van der Waals surface area (Å²) in [7, 11) is 1.82. The van der Waals surface area contributed by atoms with Gasteiger partial charge >= 0.3 is 0 Å². The topological polar surface area (TPSA) is 105 Å². The molecule has 1 amide bonds. The maximum atomic E-state index is 13.9. The molecule has 3 aromatic rings. The fourth-order valence-electron chi connectivity index (χ4n) is 5.23. The van der Waals surface area contributed by atoms with Gasteiger partial charge in [0.15, 0.2) is 5.78 Å². The van der Waals surface area contributed by atoms with Crippen LogP contribution in [0.5, 0.6) is 0 Å². The SMILES string of the molecule is CN1C[C@H](c2cccc([N+](=O)[O-])c2)[C@@H](C(=O)c2ccccn2)[C@]12C(=O)Nc1ccccc12. The molecule has 0 aliphatic carbocycles. The minimum atomic E-state index is -1.24. The van der Waals surface area contributed by atoms with E-state index < -0.39 is 22.3 Å². The fraction of sp³-hybridized carbons (Fsp3) is 0.208. The number of likely N-dealkylation sites (N-methyl/N-ethyl adjacent to an activating group) is 1. The van der Waals surface area contributed by atoms with Crippen LogP contribution in [0.1, 0.15) is 27.5 Å². The first-order valence-electron chi connectivity index (χ1n) is 10.3. The Morgan fingerprint density at radius 1 is 1.16 bits per heavy atom. The lowest BCUT2D eigenvalue weighted by Crippen LogP contribution is -2.51. The second-order valence-electron chi connectivity index (χ2n) is 8.16. The predicted octanol–water partition coefficient (Wildman–Crippen LogP) is 3.37. The molecule has 3 heterocycles. The van der Waals surface area contributed by atoms with Crippen LogP contribution in [0, 0.1) is 16.0 Å². The van der Waals surface area contributed by atoms with Crippen molar-refractivity contribution in [1.29, 1.82) is 0 Å². The Kier molecular flexibility index (Phi) is 4.60. The lowest BCUT2D eigenvalue weighted by molar-refractivity contribution is -0.384. The van der Waals surface area contributed by atoms with Crippen LogP contribution in [0.25, 0.3) is 0 Å². The second-order valence-corrected chi connectivity index (χ2v) is 8.16. The molecule has 32 heavy (non-hydrogen) atoms. The molecule has 8 heteroatoms. The number of carbonyl (C=O) groups is 2. The van der Waals surface area contributed by atoms with E-state index in [9.17, 15) is 19.7 Å². The first kappa shape index (κ1) is 20.0. The predicted molar refractivity (Wildman–Crippen MR) is 117 cm³/mol. The van der Waals surface area contributed by atoms with Crippen molar-refractivity contribution in [2.24, 2.45) is 5.92 Å². The molecule has 0 bridgehead atoms. The highest BCUT2D eigenvalue weighted by atomic mass is 16.6. The lowest BCUT2D eigenvalue weighted by atomic mass is 9.71. The minimum absolute atomic E-state index is 0.0496. The zero-order valence-corrected chi connectivity index (χ0v) is 17.3. The number of fused-ring (bicyclic) bond motifs is 2. The van der Waals surface area contributed by atoms with E-state index in [4.69, 9.17) is 0 Å². The normalized spacial score (nSPS) is 24.3. The van der Waals surface area contributed by atoms with Crippen LogP contribution in [-0.4, -0.2) is 40.1 Å². The number of rotatable bonds is 4. The monoisotopic (exact) mass is 428 g/mol. The van der Waals surface area contributed by atoms with E-state index in [1.807, 2.05) is 36.2 Å². The molecule has 2 aliphatic rings. The standard InChI is InChI=1S/C24H20N4O4/c1-27-14-17(15-7-6-8-16(13-15)28(31)32)21(22(29)20-11-4-5-12-25-20)24(27)18-9-2-3-10-19(18)26-23(24)30/h2-13,17,21H,14H2,1H3,(H,26,30)/t17-,21+,24-/m1/s1. The third-order valence-corrected chi connectivity index (χ3v) is 6.57. The molecule has 1 aromatic heterocycles. The van der Waals surface area contributed by atoms with Crippen molar-refractivity contribution < 1.29 is 14.5 Å². The molecular formula is C24H20N4O4. The average molecular weight is 428 g/mol. The van der Waals surface area contributed by atoms with E-state index in [0.717, 1.165) is 5.56 Å². The summed E-state index contributed by atoms with van der Waals surface area (Å²) in [6.45, 7) is 0.381. The maximum absolute atomic E-state index is 13.9. The van der Waals surface area contributed by atoms with Gasteiger partial charge in [-0.15, -0.1) is 0 Å². The van der Waals surface area contributed by atoms with Crippen LogP contribution in [0.4, 0.5) is 11.4 Å². The maximum Gasteiger partial charge on any atom is 0.269 e. The Hall–Kier alpha value is -3.91. The molecule has 1 spiro atoms. The number of amides is 1. The lowest BCUT2D eigenvalue weighted by Gasteiger charge is -2.35. The minimum Gasteiger partial charge on any atom is -0.324 e. The molecular weight excluding hydrogens is 408 g/mol. The number of non-ortho nitro benzene ring substituents is 1. The van der Waals surface area contributed by atoms with Crippen molar-refractivity contribution in [3.63, 3.8) is 0 Å². The molecule has 1 saturated heterocycles. The number of likely N-dealkylation sites (tertiary alicyclic amines) is 1. The van der Waals surface area contributed by atoms with Crippen LogP contribution in [0.15, 0.2) is 72.9 Å². The molecule has 3 atom stereocenters. The molecule has 5 rings (SSSR count). The zero-order valence-electron chi connectivity index (χ0n) is 17.3. The number of hydrogen-bond donors (Lipinski definition) is 1. The number of nitrogens with zero attached hydrogens (tertiary/aromatic N) is 3. The van der Waals surface area contributed by atoms with Crippen molar-refractivity contribution in [3.8, 4) is 0 Å². The number of nitro benzene ring substituents is 1. The van der Waals surface area contributed by atoms with Gasteiger partial charge in [0.05, 0.1) is 10.8 Å². The highest BCUT2D eigenvalue weighted by molar-refractivity contribution is 6.11. The zero-order chi connectivity index (χ0) is 22.5.